The molecule has 0 unspecified atom stereocenters. The molecule has 0 atom stereocenters. The molecular formula is C21H32F2O2. The van der Waals surface area contributed by atoms with Crippen molar-refractivity contribution in [2.45, 2.75) is 64.7 Å². The Balaban J connectivity index is 0.00000182. The number of halogens is 2. The van der Waals surface area contributed by atoms with Gasteiger partial charge >= 0.3 is 5.97 Å². The maximum atomic E-state index is 13.2. The van der Waals surface area contributed by atoms with E-state index < -0.39 is 11.6 Å². The van der Waals surface area contributed by atoms with E-state index in [1.165, 1.54) is 38.2 Å². The first-order valence-electron chi connectivity index (χ1n) is 9.68. The van der Waals surface area contributed by atoms with E-state index in [1.807, 2.05) is 0 Å². The molecule has 2 fully saturated rings. The van der Waals surface area contributed by atoms with Crippen molar-refractivity contribution in [3.8, 4) is 5.75 Å². The van der Waals surface area contributed by atoms with Crippen molar-refractivity contribution in [3.05, 3.63) is 29.8 Å². The molecule has 25 heavy (non-hydrogen) atoms. The smallest absolute Gasteiger partial charge is 0.314 e. The van der Waals surface area contributed by atoms with Crippen LogP contribution in [0.15, 0.2) is 18.2 Å². The second-order valence-electron chi connectivity index (χ2n) is 8.08. The van der Waals surface area contributed by atoms with Gasteiger partial charge in [0.05, 0.1) is 5.92 Å². The van der Waals surface area contributed by atoms with E-state index in [0.717, 1.165) is 55.6 Å². The zero-order valence-corrected chi connectivity index (χ0v) is 15.0. The SMILES string of the molecule is CC1CCC(CC2CCC(C(=O)Oc3ccc(F)c(F)c3)CC2)CC1.[HH].[HH]. The highest BCUT2D eigenvalue weighted by atomic mass is 19.2. The second kappa shape index (κ2) is 8.29. The van der Waals surface area contributed by atoms with Gasteiger partial charge in [-0.2, -0.15) is 0 Å². The number of benzene rings is 1. The van der Waals surface area contributed by atoms with Crippen molar-refractivity contribution < 1.29 is 21.2 Å². The molecule has 0 saturated heterocycles. The van der Waals surface area contributed by atoms with Crippen molar-refractivity contribution in [2.24, 2.45) is 23.7 Å². The minimum Gasteiger partial charge on any atom is -0.426 e. The minimum absolute atomic E-state index is 0. The summed E-state index contributed by atoms with van der Waals surface area (Å²) in [5, 5.41) is 0. The van der Waals surface area contributed by atoms with Crippen LogP contribution in [0.25, 0.3) is 0 Å². The molecule has 0 aromatic heterocycles. The maximum Gasteiger partial charge on any atom is 0.314 e. The molecule has 2 saturated carbocycles. The summed E-state index contributed by atoms with van der Waals surface area (Å²) in [6.45, 7) is 2.35. The molecule has 0 N–H and O–H groups in total. The molecule has 1 aromatic carbocycles. The fourth-order valence-corrected chi connectivity index (χ4v) is 4.41. The van der Waals surface area contributed by atoms with Crippen LogP contribution in [0.4, 0.5) is 8.78 Å². The lowest BCUT2D eigenvalue weighted by Crippen LogP contribution is -2.27. The maximum absolute atomic E-state index is 13.2. The van der Waals surface area contributed by atoms with Crippen molar-refractivity contribution in [2.75, 3.05) is 0 Å². The van der Waals surface area contributed by atoms with Gasteiger partial charge < -0.3 is 4.74 Å². The average Bonchev–Trinajstić information content (AvgIpc) is 2.61. The molecule has 3 rings (SSSR count). The predicted octanol–water partition coefficient (Wildman–Crippen LogP) is 6.39. The normalized spacial score (nSPS) is 30.0. The van der Waals surface area contributed by atoms with Gasteiger partial charge in [0.15, 0.2) is 11.6 Å². The zero-order valence-electron chi connectivity index (χ0n) is 15.0. The Hall–Kier alpha value is -1.45. The Bertz CT molecular complexity index is 596. The first-order chi connectivity index (χ1) is 12.0. The monoisotopic (exact) mass is 354 g/mol. The quantitative estimate of drug-likeness (QED) is 0.463. The Morgan fingerprint density at radius 3 is 2.20 bits per heavy atom. The Kier molecular flexibility index (Phi) is 6.08. The van der Waals surface area contributed by atoms with E-state index in [9.17, 15) is 13.6 Å². The summed E-state index contributed by atoms with van der Waals surface area (Å²) in [6.07, 6.45) is 10.6. The number of ether oxygens (including phenoxy) is 1. The van der Waals surface area contributed by atoms with Gasteiger partial charge in [0, 0.05) is 8.92 Å². The third-order valence-electron chi connectivity index (χ3n) is 6.09. The first kappa shape index (κ1) is 18.3. The van der Waals surface area contributed by atoms with Gasteiger partial charge in [-0.15, -0.1) is 0 Å². The summed E-state index contributed by atoms with van der Waals surface area (Å²) in [5.41, 5.74) is 0. The van der Waals surface area contributed by atoms with E-state index in [-0.39, 0.29) is 20.5 Å². The fourth-order valence-electron chi connectivity index (χ4n) is 4.41. The number of hydrogen-bond donors (Lipinski definition) is 0. The van der Waals surface area contributed by atoms with E-state index in [2.05, 4.69) is 6.92 Å². The van der Waals surface area contributed by atoms with Crippen molar-refractivity contribution in [3.63, 3.8) is 0 Å². The van der Waals surface area contributed by atoms with Gasteiger partial charge in [-0.1, -0.05) is 32.6 Å². The Morgan fingerprint density at radius 2 is 1.60 bits per heavy atom. The average molecular weight is 354 g/mol. The number of carbonyl (C=O) groups excluding carboxylic acids is 1. The van der Waals surface area contributed by atoms with Gasteiger partial charge in [0.25, 0.3) is 0 Å². The molecule has 0 bridgehead atoms. The van der Waals surface area contributed by atoms with Crippen LogP contribution in [-0.4, -0.2) is 5.97 Å². The lowest BCUT2D eigenvalue weighted by molar-refractivity contribution is -0.140. The van der Waals surface area contributed by atoms with Gasteiger partial charge in [-0.05, 0) is 62.0 Å². The summed E-state index contributed by atoms with van der Waals surface area (Å²) in [6, 6.07) is 3.22. The van der Waals surface area contributed by atoms with Gasteiger partial charge in [-0.25, -0.2) is 8.78 Å². The highest BCUT2D eigenvalue weighted by Gasteiger charge is 2.30. The van der Waals surface area contributed by atoms with Gasteiger partial charge in [0.1, 0.15) is 5.75 Å². The highest BCUT2D eigenvalue weighted by Crippen LogP contribution is 2.38. The molecule has 0 aliphatic heterocycles. The predicted molar refractivity (Wildman–Crippen MR) is 97.4 cm³/mol. The van der Waals surface area contributed by atoms with Crippen LogP contribution < -0.4 is 4.74 Å². The van der Waals surface area contributed by atoms with Crippen LogP contribution in [0.1, 0.15) is 67.6 Å². The molecule has 4 heteroatoms. The largest absolute Gasteiger partial charge is 0.426 e. The molecule has 2 aliphatic rings. The summed E-state index contributed by atoms with van der Waals surface area (Å²) in [4.78, 5) is 12.3. The molecular weight excluding hydrogens is 322 g/mol. The summed E-state index contributed by atoms with van der Waals surface area (Å²) in [5.74, 6) is 0.220. The molecule has 0 heterocycles. The van der Waals surface area contributed by atoms with Crippen LogP contribution in [0, 0.1) is 35.3 Å². The summed E-state index contributed by atoms with van der Waals surface area (Å²) < 4.78 is 31.4. The number of esters is 1. The number of carbonyl (C=O) groups is 1. The molecule has 142 valence electrons. The minimum atomic E-state index is -0.990. The Labute approximate surface area is 151 Å². The lowest BCUT2D eigenvalue weighted by Gasteiger charge is -2.32. The fraction of sp³-hybridized carbons (Fsp3) is 0.667. The first-order valence-corrected chi connectivity index (χ1v) is 9.68. The standard InChI is InChI=1S/C21H28F2O2.2H2/c1-14-2-4-15(5-3-14)12-16-6-8-17(9-7-16)21(24)25-18-10-11-19(22)20(23)13-18;;/h10-11,13-17H,2-9,12H2,1H3;2*1H. The summed E-state index contributed by atoms with van der Waals surface area (Å²) >= 11 is 0. The van der Waals surface area contributed by atoms with Crippen molar-refractivity contribution in [1.82, 2.24) is 0 Å². The van der Waals surface area contributed by atoms with Crippen LogP contribution >= 0.6 is 0 Å². The second-order valence-corrected chi connectivity index (χ2v) is 8.08. The molecule has 0 spiro atoms. The van der Waals surface area contributed by atoms with Crippen LogP contribution in [-0.2, 0) is 4.79 Å². The summed E-state index contributed by atoms with van der Waals surface area (Å²) in [7, 11) is 0. The van der Waals surface area contributed by atoms with Crippen LogP contribution in [0.5, 0.6) is 5.75 Å². The van der Waals surface area contributed by atoms with Crippen molar-refractivity contribution in [1.29, 1.82) is 0 Å². The third-order valence-corrected chi connectivity index (χ3v) is 6.09. The molecule has 1 aromatic rings. The van der Waals surface area contributed by atoms with Gasteiger partial charge in [0.2, 0.25) is 0 Å². The van der Waals surface area contributed by atoms with Crippen molar-refractivity contribution >= 4 is 5.97 Å². The van der Waals surface area contributed by atoms with E-state index >= 15 is 0 Å². The van der Waals surface area contributed by atoms with Gasteiger partial charge in [-0.3, -0.25) is 4.79 Å². The number of hydrogen-bond acceptors (Lipinski definition) is 2. The Morgan fingerprint density at radius 1 is 1.00 bits per heavy atom. The molecule has 0 radical (unpaired) electrons. The zero-order chi connectivity index (χ0) is 17.8. The number of rotatable bonds is 4. The third kappa shape index (κ3) is 5.02. The van der Waals surface area contributed by atoms with Crippen LogP contribution in [0.2, 0.25) is 0 Å². The molecule has 2 nitrogen and oxygen atoms in total. The van der Waals surface area contributed by atoms with E-state index in [0.29, 0.717) is 0 Å². The van der Waals surface area contributed by atoms with E-state index in [4.69, 9.17) is 4.74 Å². The molecule has 2 aliphatic carbocycles. The highest BCUT2D eigenvalue weighted by molar-refractivity contribution is 5.75. The van der Waals surface area contributed by atoms with E-state index in [1.54, 1.807) is 0 Å². The van der Waals surface area contributed by atoms with Crippen LogP contribution in [0.3, 0.4) is 0 Å². The lowest BCUT2D eigenvalue weighted by atomic mass is 9.73. The topological polar surface area (TPSA) is 26.3 Å². The molecule has 0 amide bonds.